The van der Waals surface area contributed by atoms with Crippen molar-refractivity contribution in [1.29, 1.82) is 0 Å². The zero-order valence-corrected chi connectivity index (χ0v) is 9.94. The van der Waals surface area contributed by atoms with Crippen molar-refractivity contribution < 1.29 is 4.92 Å². The van der Waals surface area contributed by atoms with Crippen LogP contribution in [0.5, 0.6) is 0 Å². The highest BCUT2D eigenvalue weighted by molar-refractivity contribution is 5.65. The number of aromatic nitrogens is 4. The number of hydrogen-bond acceptors (Lipinski definition) is 6. The standard InChI is InChI=1S/C10H12N6O2/c1-6(2)15-10(12-5-13-15)9-7(16(17)18)3-4-8(11)14-9/h3-6H,1-2H3,(H2,11,14). The molecule has 0 fully saturated rings. The van der Waals surface area contributed by atoms with Gasteiger partial charge in [-0.1, -0.05) is 0 Å². The number of nitrogens with two attached hydrogens (primary N) is 1. The van der Waals surface area contributed by atoms with E-state index in [1.807, 2.05) is 13.8 Å². The van der Waals surface area contributed by atoms with E-state index in [1.54, 1.807) is 4.68 Å². The molecule has 0 aliphatic heterocycles. The maximum Gasteiger partial charge on any atom is 0.298 e. The van der Waals surface area contributed by atoms with Gasteiger partial charge in [0.15, 0.2) is 11.5 Å². The highest BCUT2D eigenvalue weighted by Crippen LogP contribution is 2.28. The number of rotatable bonds is 3. The van der Waals surface area contributed by atoms with Gasteiger partial charge in [0.1, 0.15) is 12.1 Å². The quantitative estimate of drug-likeness (QED) is 0.649. The van der Waals surface area contributed by atoms with Gasteiger partial charge in [-0.3, -0.25) is 10.1 Å². The van der Waals surface area contributed by atoms with Crippen molar-refractivity contribution in [2.24, 2.45) is 0 Å². The van der Waals surface area contributed by atoms with Gasteiger partial charge in [0.05, 0.1) is 4.92 Å². The average Bonchev–Trinajstić information content (AvgIpc) is 2.77. The first kappa shape index (κ1) is 12.0. The summed E-state index contributed by atoms with van der Waals surface area (Å²) in [4.78, 5) is 18.5. The Morgan fingerprint density at radius 1 is 1.44 bits per heavy atom. The van der Waals surface area contributed by atoms with Crippen LogP contribution < -0.4 is 5.73 Å². The lowest BCUT2D eigenvalue weighted by Crippen LogP contribution is -2.08. The SMILES string of the molecule is CC(C)n1ncnc1-c1nc(N)ccc1[N+](=O)[O-]. The summed E-state index contributed by atoms with van der Waals surface area (Å²) >= 11 is 0. The second-order valence-electron chi connectivity index (χ2n) is 3.98. The zero-order chi connectivity index (χ0) is 13.3. The van der Waals surface area contributed by atoms with E-state index in [4.69, 9.17) is 5.73 Å². The molecule has 18 heavy (non-hydrogen) atoms. The summed E-state index contributed by atoms with van der Waals surface area (Å²) in [5.41, 5.74) is 5.56. The van der Waals surface area contributed by atoms with Crippen molar-refractivity contribution in [2.75, 3.05) is 5.73 Å². The van der Waals surface area contributed by atoms with E-state index < -0.39 is 4.92 Å². The molecule has 2 rings (SSSR count). The second-order valence-corrected chi connectivity index (χ2v) is 3.98. The fraction of sp³-hybridized carbons (Fsp3) is 0.300. The van der Waals surface area contributed by atoms with E-state index >= 15 is 0 Å². The molecule has 0 saturated heterocycles. The van der Waals surface area contributed by atoms with Gasteiger partial charge in [-0.25, -0.2) is 14.6 Å². The predicted octanol–water partition coefficient (Wildman–Crippen LogP) is 1.41. The molecule has 0 radical (unpaired) electrons. The van der Waals surface area contributed by atoms with Gasteiger partial charge in [-0.15, -0.1) is 0 Å². The number of nitrogen functional groups attached to an aromatic ring is 1. The van der Waals surface area contributed by atoms with Crippen LogP contribution in [-0.2, 0) is 0 Å². The van der Waals surface area contributed by atoms with Gasteiger partial charge in [-0.05, 0) is 19.9 Å². The summed E-state index contributed by atoms with van der Waals surface area (Å²) in [6.45, 7) is 3.80. The average molecular weight is 248 g/mol. The van der Waals surface area contributed by atoms with Gasteiger partial charge < -0.3 is 5.73 Å². The Morgan fingerprint density at radius 3 is 2.78 bits per heavy atom. The third kappa shape index (κ3) is 1.99. The maximum atomic E-state index is 11.0. The van der Waals surface area contributed by atoms with Crippen LogP contribution in [0.1, 0.15) is 19.9 Å². The highest BCUT2D eigenvalue weighted by Gasteiger charge is 2.22. The molecule has 0 unspecified atom stereocenters. The molecule has 2 N–H and O–H groups in total. The summed E-state index contributed by atoms with van der Waals surface area (Å²) in [5, 5.41) is 15.0. The van der Waals surface area contributed by atoms with Crippen LogP contribution in [0.3, 0.4) is 0 Å². The minimum Gasteiger partial charge on any atom is -0.384 e. The van der Waals surface area contributed by atoms with E-state index in [1.165, 1.54) is 18.5 Å². The molecule has 0 spiro atoms. The molecule has 2 aromatic rings. The van der Waals surface area contributed by atoms with Crippen molar-refractivity contribution in [2.45, 2.75) is 19.9 Å². The summed E-state index contributed by atoms with van der Waals surface area (Å²) in [6, 6.07) is 2.72. The van der Waals surface area contributed by atoms with E-state index in [0.29, 0.717) is 5.82 Å². The van der Waals surface area contributed by atoms with E-state index in [0.717, 1.165) is 0 Å². The lowest BCUT2D eigenvalue weighted by atomic mass is 10.2. The van der Waals surface area contributed by atoms with Crippen LogP contribution >= 0.6 is 0 Å². The zero-order valence-electron chi connectivity index (χ0n) is 9.94. The Morgan fingerprint density at radius 2 is 2.17 bits per heavy atom. The molecular weight excluding hydrogens is 236 g/mol. The van der Waals surface area contributed by atoms with Crippen LogP contribution in [0.4, 0.5) is 11.5 Å². The first-order valence-electron chi connectivity index (χ1n) is 5.31. The minimum absolute atomic E-state index is 0.0188. The summed E-state index contributed by atoms with van der Waals surface area (Å²) < 4.78 is 1.56. The molecule has 8 nitrogen and oxygen atoms in total. The van der Waals surface area contributed by atoms with Crippen LogP contribution in [0, 0.1) is 10.1 Å². The first-order valence-corrected chi connectivity index (χ1v) is 5.31. The van der Waals surface area contributed by atoms with E-state index in [-0.39, 0.29) is 23.2 Å². The third-order valence-electron chi connectivity index (χ3n) is 2.37. The fourth-order valence-electron chi connectivity index (χ4n) is 1.58. The fourth-order valence-corrected chi connectivity index (χ4v) is 1.58. The molecule has 8 heteroatoms. The molecule has 0 saturated carbocycles. The molecule has 0 atom stereocenters. The Kier molecular flexibility index (Phi) is 2.92. The van der Waals surface area contributed by atoms with Gasteiger partial charge in [0.2, 0.25) is 0 Å². The summed E-state index contributed by atoms with van der Waals surface area (Å²) in [7, 11) is 0. The van der Waals surface area contributed by atoms with Crippen molar-refractivity contribution in [3.63, 3.8) is 0 Å². The minimum atomic E-state index is -0.513. The lowest BCUT2D eigenvalue weighted by molar-refractivity contribution is -0.384. The number of nitrogens with zero attached hydrogens (tertiary/aromatic N) is 5. The van der Waals surface area contributed by atoms with Crippen molar-refractivity contribution in [3.05, 3.63) is 28.6 Å². The van der Waals surface area contributed by atoms with Gasteiger partial charge in [-0.2, -0.15) is 5.10 Å². The molecule has 0 aromatic carbocycles. The smallest absolute Gasteiger partial charge is 0.298 e. The molecule has 0 amide bonds. The number of anilines is 1. The predicted molar refractivity (Wildman–Crippen MR) is 64.7 cm³/mol. The second kappa shape index (κ2) is 4.40. The van der Waals surface area contributed by atoms with Crippen LogP contribution in [0.25, 0.3) is 11.5 Å². The van der Waals surface area contributed by atoms with Crippen LogP contribution in [0.2, 0.25) is 0 Å². The van der Waals surface area contributed by atoms with Gasteiger partial charge >= 0.3 is 0 Å². The molecule has 0 aliphatic carbocycles. The Hall–Kier alpha value is -2.51. The monoisotopic (exact) mass is 248 g/mol. The topological polar surface area (TPSA) is 113 Å². The molecule has 0 bridgehead atoms. The molecule has 2 aromatic heterocycles. The largest absolute Gasteiger partial charge is 0.384 e. The van der Waals surface area contributed by atoms with Crippen LogP contribution in [0.15, 0.2) is 18.5 Å². The normalized spacial score (nSPS) is 10.8. The Bertz CT molecular complexity index is 592. The first-order chi connectivity index (χ1) is 8.50. The number of hydrogen-bond donors (Lipinski definition) is 1. The molecule has 94 valence electrons. The highest BCUT2D eigenvalue weighted by atomic mass is 16.6. The van der Waals surface area contributed by atoms with Gasteiger partial charge in [0, 0.05) is 12.1 Å². The summed E-state index contributed by atoms with van der Waals surface area (Å²) in [5.74, 6) is 0.540. The van der Waals surface area contributed by atoms with E-state index in [2.05, 4.69) is 15.1 Å². The van der Waals surface area contributed by atoms with Crippen LogP contribution in [-0.4, -0.2) is 24.7 Å². The van der Waals surface area contributed by atoms with Gasteiger partial charge in [0.25, 0.3) is 5.69 Å². The molecular formula is C10H12N6O2. The number of pyridine rings is 1. The summed E-state index contributed by atoms with van der Waals surface area (Å²) in [6.07, 6.45) is 1.34. The molecule has 0 aliphatic rings. The Labute approximate surface area is 103 Å². The Balaban J connectivity index is 2.66. The number of nitro groups is 1. The lowest BCUT2D eigenvalue weighted by Gasteiger charge is -2.09. The van der Waals surface area contributed by atoms with E-state index in [9.17, 15) is 10.1 Å². The molecule has 2 heterocycles. The van der Waals surface area contributed by atoms with Crippen molar-refractivity contribution in [1.82, 2.24) is 19.7 Å². The maximum absolute atomic E-state index is 11.0. The van der Waals surface area contributed by atoms with Crippen molar-refractivity contribution in [3.8, 4) is 11.5 Å². The third-order valence-corrected chi connectivity index (χ3v) is 2.37. The van der Waals surface area contributed by atoms with Crippen molar-refractivity contribution >= 4 is 11.5 Å².